The van der Waals surface area contributed by atoms with Crippen molar-refractivity contribution < 1.29 is 31.5 Å². The van der Waals surface area contributed by atoms with Crippen molar-refractivity contribution in [2.75, 3.05) is 26.2 Å². The molecule has 2 rings (SSSR count). The van der Waals surface area contributed by atoms with Crippen molar-refractivity contribution in [1.82, 2.24) is 9.97 Å². The zero-order chi connectivity index (χ0) is 18.9. The second kappa shape index (κ2) is 6.59. The zero-order valence-corrected chi connectivity index (χ0v) is 14.1. The van der Waals surface area contributed by atoms with Crippen LogP contribution in [0.1, 0.15) is 15.9 Å². The fourth-order valence-electron chi connectivity index (χ4n) is 2.01. The van der Waals surface area contributed by atoms with Crippen LogP contribution in [-0.2, 0) is 9.84 Å². The van der Waals surface area contributed by atoms with Gasteiger partial charge in [0.2, 0.25) is 20.8 Å². The summed E-state index contributed by atoms with van der Waals surface area (Å²) in [6.45, 7) is 0. The van der Waals surface area contributed by atoms with Gasteiger partial charge in [-0.1, -0.05) is 0 Å². The lowest BCUT2D eigenvalue weighted by atomic mass is 10.0. The van der Waals surface area contributed by atoms with Crippen molar-refractivity contribution in [2.24, 2.45) is 0 Å². The number of methoxy groups -OCH3 is 2. The second-order valence-electron chi connectivity index (χ2n) is 4.84. The van der Waals surface area contributed by atoms with Gasteiger partial charge in [0, 0.05) is 18.5 Å². The number of halogens is 2. The number of nitrogen functional groups attached to an aromatic ring is 1. The highest BCUT2D eigenvalue weighted by molar-refractivity contribution is 7.90. The molecule has 0 unspecified atom stereocenters. The topological polar surface area (TPSA) is 121 Å². The normalized spacial score (nSPS) is 11.2. The van der Waals surface area contributed by atoms with E-state index in [-0.39, 0.29) is 11.5 Å². The average molecular weight is 373 g/mol. The van der Waals surface area contributed by atoms with Crippen LogP contribution in [0, 0.1) is 11.6 Å². The molecule has 2 aromatic rings. The lowest BCUT2D eigenvalue weighted by Crippen LogP contribution is -2.15. The maximum absolute atomic E-state index is 14.2. The van der Waals surface area contributed by atoms with E-state index in [2.05, 4.69) is 9.97 Å². The molecule has 0 aliphatic heterocycles. The quantitative estimate of drug-likeness (QED) is 0.608. The molecule has 0 atom stereocenters. The fraction of sp³-hybridized carbons (Fsp3) is 0.214. The van der Waals surface area contributed by atoms with Gasteiger partial charge in [-0.2, -0.15) is 0 Å². The molecule has 0 saturated carbocycles. The first kappa shape index (κ1) is 18.5. The smallest absolute Gasteiger partial charge is 0.248 e. The predicted octanol–water partition coefficient (Wildman–Crippen LogP) is 0.989. The molecule has 2 N–H and O–H groups in total. The predicted molar refractivity (Wildman–Crippen MR) is 82.4 cm³/mol. The molecule has 134 valence electrons. The Labute approximate surface area is 141 Å². The van der Waals surface area contributed by atoms with Crippen LogP contribution >= 0.6 is 0 Å². The molecule has 0 radical (unpaired) electrons. The third kappa shape index (κ3) is 3.36. The number of aromatic nitrogens is 2. The largest absolute Gasteiger partial charge is 0.493 e. The molecule has 0 spiro atoms. The number of nitrogens with zero attached hydrogens (tertiary/aromatic N) is 2. The summed E-state index contributed by atoms with van der Waals surface area (Å²) in [4.78, 5) is 19.6. The molecule has 25 heavy (non-hydrogen) atoms. The summed E-state index contributed by atoms with van der Waals surface area (Å²) >= 11 is 0. The minimum atomic E-state index is -3.76. The van der Waals surface area contributed by atoms with Gasteiger partial charge in [-0.15, -0.1) is 0 Å². The average Bonchev–Trinajstić information content (AvgIpc) is 2.55. The summed E-state index contributed by atoms with van der Waals surface area (Å²) < 4.78 is 60.5. The number of ether oxygens (including phenoxy) is 2. The van der Waals surface area contributed by atoms with Gasteiger partial charge in [0.05, 0.1) is 19.8 Å². The van der Waals surface area contributed by atoms with Gasteiger partial charge in [0.25, 0.3) is 0 Å². The van der Waals surface area contributed by atoms with Gasteiger partial charge in [0.15, 0.2) is 23.1 Å². The lowest BCUT2D eigenvalue weighted by molar-refractivity contribution is 0.103. The summed E-state index contributed by atoms with van der Waals surface area (Å²) in [5, 5.41) is -0.606. The lowest BCUT2D eigenvalue weighted by Gasteiger charge is -2.14. The van der Waals surface area contributed by atoms with Gasteiger partial charge in [-0.25, -0.2) is 27.2 Å². The van der Waals surface area contributed by atoms with Crippen LogP contribution in [-0.4, -0.2) is 44.6 Å². The van der Waals surface area contributed by atoms with E-state index < -0.39 is 49.4 Å². The Hall–Kier alpha value is -2.82. The van der Waals surface area contributed by atoms with Gasteiger partial charge in [-0.3, -0.25) is 4.79 Å². The van der Waals surface area contributed by atoms with E-state index in [0.717, 1.165) is 25.6 Å². The SMILES string of the molecule is COc1cc(F)c(F)c(C(=O)c2cnc(S(C)(=O)=O)nc2N)c1OC. The summed E-state index contributed by atoms with van der Waals surface area (Å²) in [7, 11) is -1.44. The van der Waals surface area contributed by atoms with E-state index in [9.17, 15) is 22.0 Å². The Balaban J connectivity index is 2.68. The molecule has 1 aromatic carbocycles. The van der Waals surface area contributed by atoms with Crippen molar-refractivity contribution in [3.8, 4) is 11.5 Å². The number of ketones is 1. The summed E-state index contributed by atoms with van der Waals surface area (Å²) in [5.41, 5.74) is 4.39. The molecule has 1 heterocycles. The maximum atomic E-state index is 14.2. The van der Waals surface area contributed by atoms with Gasteiger partial charge < -0.3 is 15.2 Å². The first-order valence-corrected chi connectivity index (χ1v) is 8.48. The molecule has 0 bridgehead atoms. The maximum Gasteiger partial charge on any atom is 0.248 e. The summed E-state index contributed by atoms with van der Waals surface area (Å²) in [5.74, 6) is -4.98. The van der Waals surface area contributed by atoms with Crippen LogP contribution in [0.4, 0.5) is 14.6 Å². The molecule has 0 saturated heterocycles. The number of rotatable bonds is 5. The van der Waals surface area contributed by atoms with E-state index >= 15 is 0 Å². The highest BCUT2D eigenvalue weighted by Gasteiger charge is 2.29. The third-order valence-electron chi connectivity index (χ3n) is 3.16. The molecule has 1 aromatic heterocycles. The Morgan fingerprint density at radius 2 is 1.88 bits per heavy atom. The summed E-state index contributed by atoms with van der Waals surface area (Å²) in [6, 6.07) is 0.720. The number of nitrogens with two attached hydrogens (primary N) is 1. The Morgan fingerprint density at radius 1 is 1.24 bits per heavy atom. The highest BCUT2D eigenvalue weighted by Crippen LogP contribution is 2.36. The summed E-state index contributed by atoms with van der Waals surface area (Å²) in [6.07, 6.45) is 1.67. The van der Waals surface area contributed by atoms with E-state index in [1.165, 1.54) is 7.11 Å². The van der Waals surface area contributed by atoms with Crippen molar-refractivity contribution in [3.63, 3.8) is 0 Å². The third-order valence-corrected chi connectivity index (χ3v) is 4.02. The number of hydrogen-bond donors (Lipinski definition) is 1. The van der Waals surface area contributed by atoms with Crippen molar-refractivity contribution in [2.45, 2.75) is 5.16 Å². The van der Waals surface area contributed by atoms with E-state index in [4.69, 9.17) is 15.2 Å². The molecule has 0 aliphatic rings. The highest BCUT2D eigenvalue weighted by atomic mass is 32.2. The van der Waals surface area contributed by atoms with Gasteiger partial charge in [-0.05, 0) is 0 Å². The van der Waals surface area contributed by atoms with E-state index in [1.807, 2.05) is 0 Å². The van der Waals surface area contributed by atoms with Crippen LogP contribution < -0.4 is 15.2 Å². The number of hydrogen-bond acceptors (Lipinski definition) is 8. The number of carbonyl (C=O) groups is 1. The monoisotopic (exact) mass is 373 g/mol. The molecule has 0 aliphatic carbocycles. The molecule has 0 amide bonds. The second-order valence-corrected chi connectivity index (χ2v) is 6.75. The van der Waals surface area contributed by atoms with Gasteiger partial charge in [0.1, 0.15) is 11.4 Å². The first-order chi connectivity index (χ1) is 11.6. The minimum absolute atomic E-state index is 0.211. The molecule has 11 heteroatoms. The van der Waals surface area contributed by atoms with Crippen LogP contribution in [0.3, 0.4) is 0 Å². The van der Waals surface area contributed by atoms with Crippen LogP contribution in [0.25, 0.3) is 0 Å². The zero-order valence-electron chi connectivity index (χ0n) is 13.3. The molecular weight excluding hydrogens is 360 g/mol. The number of carbonyl (C=O) groups excluding carboxylic acids is 1. The Kier molecular flexibility index (Phi) is 4.88. The first-order valence-electron chi connectivity index (χ1n) is 6.59. The van der Waals surface area contributed by atoms with E-state index in [0.29, 0.717) is 0 Å². The molecule has 0 fully saturated rings. The number of benzene rings is 1. The van der Waals surface area contributed by atoms with E-state index in [1.54, 1.807) is 0 Å². The van der Waals surface area contributed by atoms with Crippen LogP contribution in [0.15, 0.2) is 17.4 Å². The molecule has 8 nitrogen and oxygen atoms in total. The van der Waals surface area contributed by atoms with Crippen molar-refractivity contribution in [3.05, 3.63) is 35.0 Å². The Bertz CT molecular complexity index is 963. The standard InChI is InChI=1S/C14H13F2N3O5S/c1-23-8-4-7(15)10(16)9(12(8)24-2)11(20)6-5-18-14(19-13(6)17)25(3,21)22/h4-5H,1-3H3,(H2,17,18,19). The fourth-order valence-corrected chi connectivity index (χ4v) is 2.52. The van der Waals surface area contributed by atoms with Crippen LogP contribution in [0.5, 0.6) is 11.5 Å². The van der Waals surface area contributed by atoms with Crippen molar-refractivity contribution in [1.29, 1.82) is 0 Å². The van der Waals surface area contributed by atoms with Crippen molar-refractivity contribution >= 4 is 21.4 Å². The van der Waals surface area contributed by atoms with Gasteiger partial charge >= 0.3 is 0 Å². The molecular formula is C14H13F2N3O5S. The number of anilines is 1. The minimum Gasteiger partial charge on any atom is -0.493 e. The number of sulfone groups is 1. The van der Waals surface area contributed by atoms with Crippen LogP contribution in [0.2, 0.25) is 0 Å². The Morgan fingerprint density at radius 3 is 2.36 bits per heavy atom.